The quantitative estimate of drug-likeness (QED) is 0.791. The van der Waals surface area contributed by atoms with Gasteiger partial charge in [0.2, 0.25) is 0 Å². The van der Waals surface area contributed by atoms with Crippen molar-refractivity contribution < 1.29 is 0 Å². The van der Waals surface area contributed by atoms with Gasteiger partial charge in [-0.25, -0.2) is 4.98 Å². The van der Waals surface area contributed by atoms with Gasteiger partial charge in [0.25, 0.3) is 0 Å². The molecular weight excluding hydrogens is 275 g/mol. The van der Waals surface area contributed by atoms with Gasteiger partial charge in [0.05, 0.1) is 5.69 Å². The molecule has 0 aliphatic rings. The summed E-state index contributed by atoms with van der Waals surface area (Å²) in [7, 11) is 2.01. The number of rotatable bonds is 3. The Hall–Kier alpha value is -0.280. The van der Waals surface area contributed by atoms with Gasteiger partial charge in [-0.3, -0.25) is 0 Å². The van der Waals surface area contributed by atoms with E-state index in [9.17, 15) is 0 Å². The summed E-state index contributed by atoms with van der Waals surface area (Å²) < 4.78 is 1.03. The third-order valence-corrected chi connectivity index (χ3v) is 4.08. The first-order valence-electron chi connectivity index (χ1n) is 4.81. The molecule has 0 bridgehead atoms. The summed E-state index contributed by atoms with van der Waals surface area (Å²) in [5, 5.41) is 0. The van der Waals surface area contributed by atoms with Crippen molar-refractivity contribution in [3.8, 4) is 0 Å². The van der Waals surface area contributed by atoms with Crippen LogP contribution in [0.25, 0.3) is 0 Å². The summed E-state index contributed by atoms with van der Waals surface area (Å²) in [6, 6.07) is 4.00. The van der Waals surface area contributed by atoms with Crippen LogP contribution >= 0.6 is 27.5 Å². The van der Waals surface area contributed by atoms with Crippen LogP contribution < -0.4 is 4.90 Å². The van der Waals surface area contributed by atoms with Crippen LogP contribution in [-0.4, -0.2) is 23.5 Å². The number of hydrogen-bond acceptors (Lipinski definition) is 2. The molecule has 4 heteroatoms. The molecule has 1 aromatic rings. The lowest BCUT2D eigenvalue weighted by atomic mass is 10.1. The molecule has 0 saturated heterocycles. The largest absolute Gasteiger partial charge is 0.353 e. The normalized spacial score (nSPS) is 11.6. The Morgan fingerprint density at radius 3 is 2.53 bits per heavy atom. The number of halogens is 2. The van der Waals surface area contributed by atoms with Gasteiger partial charge < -0.3 is 4.90 Å². The van der Waals surface area contributed by atoms with Crippen molar-refractivity contribution in [3.05, 3.63) is 22.3 Å². The Morgan fingerprint density at radius 1 is 1.47 bits per heavy atom. The van der Waals surface area contributed by atoms with Gasteiger partial charge in [0, 0.05) is 22.9 Å². The predicted octanol–water partition coefficient (Wildman–Crippen LogP) is 3.61. The fraction of sp³-hybridized carbons (Fsp3) is 0.545. The van der Waals surface area contributed by atoms with E-state index in [1.165, 1.54) is 0 Å². The molecule has 1 aromatic heterocycles. The monoisotopic (exact) mass is 290 g/mol. The molecule has 2 nitrogen and oxygen atoms in total. The highest BCUT2D eigenvalue weighted by molar-refractivity contribution is 9.10. The zero-order valence-corrected chi connectivity index (χ0v) is 11.9. The van der Waals surface area contributed by atoms with Crippen LogP contribution in [0.2, 0.25) is 0 Å². The van der Waals surface area contributed by atoms with Gasteiger partial charge in [0.15, 0.2) is 0 Å². The summed E-state index contributed by atoms with van der Waals surface area (Å²) in [5.74, 6) is 1.52. The van der Waals surface area contributed by atoms with Gasteiger partial charge in [-0.1, -0.05) is 0 Å². The summed E-state index contributed by atoms with van der Waals surface area (Å²) >= 11 is 9.37. The van der Waals surface area contributed by atoms with Gasteiger partial charge in [0.1, 0.15) is 5.82 Å². The second-order valence-electron chi connectivity index (χ2n) is 4.24. The predicted molar refractivity (Wildman–Crippen MR) is 69.9 cm³/mol. The molecule has 0 spiro atoms. The fourth-order valence-electron chi connectivity index (χ4n) is 1.12. The molecule has 0 unspecified atom stereocenters. The Labute approximate surface area is 105 Å². The lowest BCUT2D eigenvalue weighted by Crippen LogP contribution is -2.43. The maximum absolute atomic E-state index is 5.93. The number of aryl methyl sites for hydroxylation is 1. The van der Waals surface area contributed by atoms with Crippen LogP contribution in [0, 0.1) is 6.92 Å². The second kappa shape index (κ2) is 4.71. The van der Waals surface area contributed by atoms with E-state index >= 15 is 0 Å². The SMILES string of the molecule is Cc1nc(N(C)C(C)(C)CCl)ccc1Br. The molecule has 15 heavy (non-hydrogen) atoms. The number of aromatic nitrogens is 1. The standard InChI is InChI=1S/C11H16BrClN2/c1-8-9(12)5-6-10(14-8)15(4)11(2,3)7-13/h5-6H,7H2,1-4H3. The highest BCUT2D eigenvalue weighted by atomic mass is 79.9. The Balaban J connectivity index is 3.02. The molecule has 0 aliphatic carbocycles. The Bertz CT molecular complexity index is 352. The van der Waals surface area contributed by atoms with Crippen LogP contribution in [0.4, 0.5) is 5.82 Å². The second-order valence-corrected chi connectivity index (χ2v) is 5.36. The Kier molecular flexibility index (Phi) is 4.01. The maximum atomic E-state index is 5.93. The first kappa shape index (κ1) is 12.8. The minimum atomic E-state index is -0.0885. The van der Waals surface area contributed by atoms with E-state index in [0.29, 0.717) is 5.88 Å². The average molecular weight is 292 g/mol. The van der Waals surface area contributed by atoms with Crippen molar-refractivity contribution in [2.24, 2.45) is 0 Å². The van der Waals surface area contributed by atoms with E-state index in [4.69, 9.17) is 11.6 Å². The minimum absolute atomic E-state index is 0.0885. The molecule has 0 radical (unpaired) electrons. The average Bonchev–Trinajstić information content (AvgIpc) is 2.21. The zero-order valence-electron chi connectivity index (χ0n) is 9.51. The zero-order chi connectivity index (χ0) is 11.6. The number of alkyl halides is 1. The van der Waals surface area contributed by atoms with Crippen molar-refractivity contribution in [1.82, 2.24) is 4.98 Å². The molecule has 0 amide bonds. The number of nitrogens with zero attached hydrogens (tertiary/aromatic N) is 2. The van der Waals surface area contributed by atoms with Crippen molar-refractivity contribution in [2.75, 3.05) is 17.8 Å². The summed E-state index contributed by atoms with van der Waals surface area (Å²) in [6.45, 7) is 6.17. The molecule has 0 N–H and O–H groups in total. The molecule has 0 fully saturated rings. The highest BCUT2D eigenvalue weighted by Crippen LogP contribution is 2.24. The van der Waals surface area contributed by atoms with Gasteiger partial charge in [-0.05, 0) is 48.8 Å². The molecule has 0 aliphatic heterocycles. The van der Waals surface area contributed by atoms with Gasteiger partial charge in [-0.15, -0.1) is 11.6 Å². The molecule has 0 atom stereocenters. The summed E-state index contributed by atoms with van der Waals surface area (Å²) in [5.41, 5.74) is 0.902. The third-order valence-electron chi connectivity index (χ3n) is 2.59. The van der Waals surface area contributed by atoms with Crippen molar-refractivity contribution >= 4 is 33.3 Å². The molecule has 1 rings (SSSR count). The topological polar surface area (TPSA) is 16.1 Å². The first-order chi connectivity index (χ1) is 6.88. The Morgan fingerprint density at radius 2 is 2.07 bits per heavy atom. The summed E-state index contributed by atoms with van der Waals surface area (Å²) in [6.07, 6.45) is 0. The van der Waals surface area contributed by atoms with Crippen LogP contribution in [0.3, 0.4) is 0 Å². The van der Waals surface area contributed by atoms with E-state index in [-0.39, 0.29) is 5.54 Å². The third kappa shape index (κ3) is 2.85. The van der Waals surface area contributed by atoms with Crippen LogP contribution in [-0.2, 0) is 0 Å². The lowest BCUT2D eigenvalue weighted by Gasteiger charge is -2.35. The molecule has 84 valence electrons. The highest BCUT2D eigenvalue weighted by Gasteiger charge is 2.23. The smallest absolute Gasteiger partial charge is 0.129 e. The fourth-order valence-corrected chi connectivity index (χ4v) is 1.52. The molecule has 0 aromatic carbocycles. The van der Waals surface area contributed by atoms with E-state index < -0.39 is 0 Å². The van der Waals surface area contributed by atoms with E-state index in [1.807, 2.05) is 26.1 Å². The van der Waals surface area contributed by atoms with E-state index in [1.54, 1.807) is 0 Å². The number of anilines is 1. The molecule has 0 saturated carbocycles. The lowest BCUT2D eigenvalue weighted by molar-refractivity contribution is 0.540. The van der Waals surface area contributed by atoms with Crippen LogP contribution in [0.15, 0.2) is 16.6 Å². The van der Waals surface area contributed by atoms with Gasteiger partial charge in [-0.2, -0.15) is 0 Å². The van der Waals surface area contributed by atoms with Crippen molar-refractivity contribution in [2.45, 2.75) is 26.3 Å². The molecule has 1 heterocycles. The van der Waals surface area contributed by atoms with Crippen molar-refractivity contribution in [1.29, 1.82) is 0 Å². The number of pyridine rings is 1. The van der Waals surface area contributed by atoms with Crippen LogP contribution in [0.1, 0.15) is 19.5 Å². The van der Waals surface area contributed by atoms with E-state index in [2.05, 4.69) is 39.7 Å². The maximum Gasteiger partial charge on any atom is 0.129 e. The first-order valence-corrected chi connectivity index (χ1v) is 6.14. The van der Waals surface area contributed by atoms with Crippen LogP contribution in [0.5, 0.6) is 0 Å². The van der Waals surface area contributed by atoms with E-state index in [0.717, 1.165) is 16.0 Å². The molecular formula is C11H16BrClN2. The summed E-state index contributed by atoms with van der Waals surface area (Å²) in [4.78, 5) is 6.60. The minimum Gasteiger partial charge on any atom is -0.353 e. The number of hydrogen-bond donors (Lipinski definition) is 0. The van der Waals surface area contributed by atoms with Gasteiger partial charge >= 0.3 is 0 Å². The van der Waals surface area contributed by atoms with Crippen molar-refractivity contribution in [3.63, 3.8) is 0 Å².